The third-order valence-corrected chi connectivity index (χ3v) is 3.04. The van der Waals surface area contributed by atoms with Crippen LogP contribution < -0.4 is 5.32 Å². The molecule has 7 nitrogen and oxygen atoms in total. The minimum absolute atomic E-state index is 0.161. The predicted molar refractivity (Wildman–Crippen MR) is 75.6 cm³/mol. The molecule has 0 saturated carbocycles. The highest BCUT2D eigenvalue weighted by atomic mass is 19.3. The number of aromatic nitrogens is 3. The van der Waals surface area contributed by atoms with E-state index < -0.39 is 30.8 Å². The molecule has 0 aliphatic carbocycles. The van der Waals surface area contributed by atoms with E-state index in [0.29, 0.717) is 5.69 Å². The van der Waals surface area contributed by atoms with Gasteiger partial charge >= 0.3 is 5.97 Å². The summed E-state index contributed by atoms with van der Waals surface area (Å²) in [5, 5.41) is 18.2. The lowest BCUT2D eigenvalue weighted by Crippen LogP contribution is -2.42. The van der Waals surface area contributed by atoms with Crippen LogP contribution in [0, 0.1) is 6.92 Å². The molecular formula is C14H14F2N4O3. The third kappa shape index (κ3) is 4.31. The summed E-state index contributed by atoms with van der Waals surface area (Å²) < 4.78 is 25.9. The lowest BCUT2D eigenvalue weighted by molar-refractivity contribution is -0.140. The number of aliphatic carboxylic acids is 1. The molecule has 0 aliphatic heterocycles. The summed E-state index contributed by atoms with van der Waals surface area (Å²) in [6, 6.07) is 5.54. The first-order valence-corrected chi connectivity index (χ1v) is 6.68. The number of carboxylic acid groups (broad SMARTS) is 1. The van der Waals surface area contributed by atoms with Gasteiger partial charge in [-0.05, 0) is 19.1 Å². The molecule has 9 heteroatoms. The monoisotopic (exact) mass is 324 g/mol. The molecule has 0 fully saturated rings. The molecule has 1 heterocycles. The van der Waals surface area contributed by atoms with E-state index in [2.05, 4.69) is 10.3 Å². The molecule has 0 radical (unpaired) electrons. The fraction of sp³-hybridized carbons (Fsp3) is 0.286. The van der Waals surface area contributed by atoms with Crippen LogP contribution >= 0.6 is 0 Å². The van der Waals surface area contributed by atoms with Crippen LogP contribution in [0.2, 0.25) is 0 Å². The van der Waals surface area contributed by atoms with Crippen LogP contribution in [0.25, 0.3) is 5.69 Å². The Morgan fingerprint density at radius 1 is 1.30 bits per heavy atom. The first kappa shape index (κ1) is 16.5. The van der Waals surface area contributed by atoms with Crippen molar-refractivity contribution in [3.63, 3.8) is 0 Å². The number of benzene rings is 1. The van der Waals surface area contributed by atoms with Crippen LogP contribution in [-0.4, -0.2) is 44.4 Å². The summed E-state index contributed by atoms with van der Waals surface area (Å²) >= 11 is 0. The number of nitrogens with one attached hydrogen (secondary N) is 1. The fourth-order valence-corrected chi connectivity index (χ4v) is 1.82. The van der Waals surface area contributed by atoms with E-state index >= 15 is 0 Å². The minimum Gasteiger partial charge on any atom is -0.480 e. The second kappa shape index (κ2) is 6.95. The van der Waals surface area contributed by atoms with Crippen molar-refractivity contribution in [3.8, 4) is 5.69 Å². The number of carboxylic acids is 1. The summed E-state index contributed by atoms with van der Waals surface area (Å²) in [4.78, 5) is 22.8. The molecule has 1 aromatic heterocycles. The topological polar surface area (TPSA) is 97.1 Å². The SMILES string of the molecule is Cc1ccc(-n2cc(C(=O)NC(CC(F)F)C(=O)O)nn2)cc1. The highest BCUT2D eigenvalue weighted by Gasteiger charge is 2.25. The van der Waals surface area contributed by atoms with Gasteiger partial charge in [-0.3, -0.25) is 4.79 Å². The molecule has 0 spiro atoms. The molecule has 1 unspecified atom stereocenters. The van der Waals surface area contributed by atoms with Gasteiger partial charge in [0, 0.05) is 6.42 Å². The van der Waals surface area contributed by atoms with Gasteiger partial charge in [-0.15, -0.1) is 5.10 Å². The van der Waals surface area contributed by atoms with Crippen LogP contribution in [0.1, 0.15) is 22.5 Å². The molecule has 122 valence electrons. The quantitative estimate of drug-likeness (QED) is 0.837. The van der Waals surface area contributed by atoms with Crippen LogP contribution in [0.4, 0.5) is 8.78 Å². The summed E-state index contributed by atoms with van der Waals surface area (Å²) in [6.07, 6.45) is -2.53. The van der Waals surface area contributed by atoms with Gasteiger partial charge in [-0.1, -0.05) is 22.9 Å². The van der Waals surface area contributed by atoms with Crippen LogP contribution in [-0.2, 0) is 4.79 Å². The van der Waals surface area contributed by atoms with Gasteiger partial charge in [-0.25, -0.2) is 18.3 Å². The molecule has 0 bridgehead atoms. The highest BCUT2D eigenvalue weighted by Crippen LogP contribution is 2.09. The molecule has 2 N–H and O–H groups in total. The van der Waals surface area contributed by atoms with Crippen molar-refractivity contribution < 1.29 is 23.5 Å². The van der Waals surface area contributed by atoms with Crippen LogP contribution in [0.15, 0.2) is 30.5 Å². The maximum atomic E-state index is 12.3. The van der Waals surface area contributed by atoms with Gasteiger partial charge in [0.15, 0.2) is 5.69 Å². The number of carbonyl (C=O) groups is 2. The Kier molecular flexibility index (Phi) is 4.99. The summed E-state index contributed by atoms with van der Waals surface area (Å²) in [5.74, 6) is -2.42. The number of nitrogens with zero attached hydrogens (tertiary/aromatic N) is 3. The van der Waals surface area contributed by atoms with Gasteiger partial charge in [0.05, 0.1) is 11.9 Å². The van der Waals surface area contributed by atoms with Gasteiger partial charge < -0.3 is 10.4 Å². The molecule has 1 aromatic carbocycles. The van der Waals surface area contributed by atoms with E-state index in [4.69, 9.17) is 5.11 Å². The average molecular weight is 324 g/mol. The maximum Gasteiger partial charge on any atom is 0.326 e. The zero-order valence-corrected chi connectivity index (χ0v) is 12.1. The zero-order valence-electron chi connectivity index (χ0n) is 12.1. The Balaban J connectivity index is 2.11. The van der Waals surface area contributed by atoms with Crippen molar-refractivity contribution in [2.75, 3.05) is 0 Å². The number of hydrogen-bond donors (Lipinski definition) is 2. The van der Waals surface area contributed by atoms with E-state index in [1.807, 2.05) is 24.4 Å². The number of alkyl halides is 2. The number of carbonyl (C=O) groups excluding carboxylic acids is 1. The number of halogens is 2. The van der Waals surface area contributed by atoms with E-state index in [1.54, 1.807) is 12.1 Å². The number of aryl methyl sites for hydroxylation is 1. The molecule has 2 aromatic rings. The van der Waals surface area contributed by atoms with Crippen molar-refractivity contribution in [1.29, 1.82) is 0 Å². The van der Waals surface area contributed by atoms with Gasteiger partial charge in [0.1, 0.15) is 6.04 Å². The van der Waals surface area contributed by atoms with E-state index in [-0.39, 0.29) is 5.69 Å². The van der Waals surface area contributed by atoms with Gasteiger partial charge in [-0.2, -0.15) is 0 Å². The minimum atomic E-state index is -2.85. The average Bonchev–Trinajstić information content (AvgIpc) is 2.96. The van der Waals surface area contributed by atoms with Crippen LogP contribution in [0.3, 0.4) is 0 Å². The first-order valence-electron chi connectivity index (χ1n) is 6.68. The number of rotatable bonds is 6. The van der Waals surface area contributed by atoms with Crippen molar-refractivity contribution in [1.82, 2.24) is 20.3 Å². The zero-order chi connectivity index (χ0) is 17.0. The molecule has 1 atom stereocenters. The summed E-state index contributed by atoms with van der Waals surface area (Å²) in [6.45, 7) is 1.92. The Labute approximate surface area is 129 Å². The van der Waals surface area contributed by atoms with E-state index in [1.165, 1.54) is 10.9 Å². The maximum absolute atomic E-state index is 12.3. The Morgan fingerprint density at radius 2 is 1.96 bits per heavy atom. The van der Waals surface area contributed by atoms with Crippen molar-refractivity contribution >= 4 is 11.9 Å². The molecule has 23 heavy (non-hydrogen) atoms. The van der Waals surface area contributed by atoms with Gasteiger partial charge in [0.25, 0.3) is 5.91 Å². The van der Waals surface area contributed by atoms with Crippen molar-refractivity contribution in [3.05, 3.63) is 41.7 Å². The number of amides is 1. The van der Waals surface area contributed by atoms with Crippen molar-refractivity contribution in [2.45, 2.75) is 25.8 Å². The second-order valence-corrected chi connectivity index (χ2v) is 4.87. The molecule has 0 aliphatic rings. The molecular weight excluding hydrogens is 310 g/mol. The highest BCUT2D eigenvalue weighted by molar-refractivity contribution is 5.94. The first-order chi connectivity index (χ1) is 10.9. The van der Waals surface area contributed by atoms with E-state index in [0.717, 1.165) is 5.56 Å². The van der Waals surface area contributed by atoms with E-state index in [9.17, 15) is 18.4 Å². The Bertz CT molecular complexity index is 700. The van der Waals surface area contributed by atoms with Crippen LogP contribution in [0.5, 0.6) is 0 Å². The lowest BCUT2D eigenvalue weighted by Gasteiger charge is -2.12. The fourth-order valence-electron chi connectivity index (χ4n) is 1.82. The van der Waals surface area contributed by atoms with Gasteiger partial charge in [0.2, 0.25) is 6.43 Å². The van der Waals surface area contributed by atoms with Crippen molar-refractivity contribution in [2.24, 2.45) is 0 Å². The Hall–Kier alpha value is -2.84. The molecule has 1 amide bonds. The molecule has 0 saturated heterocycles. The second-order valence-electron chi connectivity index (χ2n) is 4.87. The standard InChI is InChI=1S/C14H14F2N4O3/c1-8-2-4-9(5-3-8)20-7-11(18-19-20)13(21)17-10(14(22)23)6-12(15)16/h2-5,7,10,12H,6H2,1H3,(H,17,21)(H,22,23). The normalized spacial score (nSPS) is 12.2. The smallest absolute Gasteiger partial charge is 0.326 e. The third-order valence-electron chi connectivity index (χ3n) is 3.04. The Morgan fingerprint density at radius 3 is 2.52 bits per heavy atom. The number of hydrogen-bond acceptors (Lipinski definition) is 4. The predicted octanol–water partition coefficient (Wildman–Crippen LogP) is 1.41. The molecule has 2 rings (SSSR count). The largest absolute Gasteiger partial charge is 0.480 e. The summed E-state index contributed by atoms with van der Waals surface area (Å²) in [5.41, 5.74) is 1.54. The lowest BCUT2D eigenvalue weighted by atomic mass is 10.2. The summed E-state index contributed by atoms with van der Waals surface area (Å²) in [7, 11) is 0.